The van der Waals surface area contributed by atoms with Gasteiger partial charge in [0.15, 0.2) is 11.9 Å². The minimum Gasteiger partial charge on any atom is -0.364 e. The van der Waals surface area contributed by atoms with Crippen molar-refractivity contribution in [3.05, 3.63) is 67.1 Å². The van der Waals surface area contributed by atoms with E-state index in [0.29, 0.717) is 16.8 Å². The standard InChI is InChI=1S/C23H23FN4O5S/c24-21-15-27(22(29)26-20-9-5-4-8-19(20)17-14-25-33-16-17)11-10-23(21)28(12-13-32-23)34(30,31)18-6-2-1-3-7-18/h1-9,14,16,21H,10-13,15H2,(H,26,29). The molecule has 2 amide bonds. The number of ether oxygens (including phenoxy) is 1. The SMILES string of the molecule is O=C(Nc1ccccc1-c1cnoc1)N1CCC2(OCCN2S(=O)(=O)c2ccccc2)C(F)C1. The molecule has 3 heterocycles. The van der Waals surface area contributed by atoms with Crippen molar-refractivity contribution in [1.82, 2.24) is 14.4 Å². The maximum Gasteiger partial charge on any atom is 0.321 e. The minimum absolute atomic E-state index is 0.0148. The number of para-hydroxylation sites is 1. The van der Waals surface area contributed by atoms with E-state index in [-0.39, 0.29) is 37.6 Å². The van der Waals surface area contributed by atoms with Gasteiger partial charge >= 0.3 is 6.03 Å². The number of alkyl halides is 1. The fourth-order valence-corrected chi connectivity index (χ4v) is 6.23. The molecule has 2 saturated heterocycles. The molecule has 5 rings (SSSR count). The number of benzene rings is 2. The highest BCUT2D eigenvalue weighted by Crippen LogP contribution is 2.40. The number of hydrogen-bond acceptors (Lipinski definition) is 6. The Morgan fingerprint density at radius 1 is 1.12 bits per heavy atom. The van der Waals surface area contributed by atoms with Crippen LogP contribution in [-0.4, -0.2) is 66.9 Å². The van der Waals surface area contributed by atoms with E-state index >= 15 is 4.39 Å². The van der Waals surface area contributed by atoms with Crippen LogP contribution in [0.3, 0.4) is 0 Å². The van der Waals surface area contributed by atoms with Crippen LogP contribution in [0.15, 0.2) is 76.5 Å². The molecule has 178 valence electrons. The van der Waals surface area contributed by atoms with Gasteiger partial charge in [-0.05, 0) is 18.2 Å². The van der Waals surface area contributed by atoms with Gasteiger partial charge in [-0.3, -0.25) is 0 Å². The number of sulfonamides is 1. The number of nitrogens with one attached hydrogen (secondary N) is 1. The van der Waals surface area contributed by atoms with E-state index in [1.807, 2.05) is 12.1 Å². The number of anilines is 1. The third-order valence-electron chi connectivity index (χ3n) is 6.21. The van der Waals surface area contributed by atoms with Crippen LogP contribution >= 0.6 is 0 Å². The molecule has 0 radical (unpaired) electrons. The van der Waals surface area contributed by atoms with Crippen LogP contribution in [0, 0.1) is 0 Å². The molecular weight excluding hydrogens is 463 g/mol. The summed E-state index contributed by atoms with van der Waals surface area (Å²) in [7, 11) is -3.96. The Kier molecular flexibility index (Phi) is 5.84. The quantitative estimate of drug-likeness (QED) is 0.607. The molecule has 2 aliphatic rings. The summed E-state index contributed by atoms with van der Waals surface area (Å²) in [6.45, 7) is -0.0364. The van der Waals surface area contributed by atoms with Crippen LogP contribution in [0.25, 0.3) is 11.1 Å². The number of urea groups is 1. The fourth-order valence-electron chi connectivity index (χ4n) is 4.49. The van der Waals surface area contributed by atoms with Crippen LogP contribution in [0.4, 0.5) is 14.9 Å². The number of rotatable bonds is 4. The zero-order chi connectivity index (χ0) is 23.8. The van der Waals surface area contributed by atoms with Crippen LogP contribution in [0.1, 0.15) is 6.42 Å². The molecule has 11 heteroatoms. The summed E-state index contributed by atoms with van der Waals surface area (Å²) < 4.78 is 53.8. The molecule has 3 aromatic rings. The second-order valence-corrected chi connectivity index (χ2v) is 10.00. The molecule has 0 bridgehead atoms. The van der Waals surface area contributed by atoms with E-state index in [2.05, 4.69) is 10.5 Å². The number of aromatic nitrogens is 1. The minimum atomic E-state index is -3.96. The molecule has 1 spiro atoms. The highest BCUT2D eigenvalue weighted by Gasteiger charge is 2.57. The zero-order valence-electron chi connectivity index (χ0n) is 18.1. The van der Waals surface area contributed by atoms with Crippen molar-refractivity contribution in [2.24, 2.45) is 0 Å². The van der Waals surface area contributed by atoms with E-state index < -0.39 is 28.0 Å². The van der Waals surface area contributed by atoms with Crippen molar-refractivity contribution in [1.29, 1.82) is 0 Å². The Morgan fingerprint density at radius 3 is 2.62 bits per heavy atom. The van der Waals surface area contributed by atoms with Gasteiger partial charge in [0, 0.05) is 30.6 Å². The fraction of sp³-hybridized carbons (Fsp3) is 0.304. The normalized spacial score (nSPS) is 23.3. The van der Waals surface area contributed by atoms with Gasteiger partial charge in [-0.2, -0.15) is 4.31 Å². The second kappa shape index (κ2) is 8.82. The molecule has 1 N–H and O–H groups in total. The number of piperidine rings is 1. The van der Waals surface area contributed by atoms with Crippen LogP contribution in [0.2, 0.25) is 0 Å². The summed E-state index contributed by atoms with van der Waals surface area (Å²) in [6.07, 6.45) is 1.29. The smallest absolute Gasteiger partial charge is 0.321 e. The molecule has 0 aliphatic carbocycles. The van der Waals surface area contributed by atoms with Crippen molar-refractivity contribution in [2.45, 2.75) is 23.2 Å². The lowest BCUT2D eigenvalue weighted by atomic mass is 9.99. The molecule has 2 aromatic carbocycles. The Labute approximate surface area is 196 Å². The number of halogens is 1. The van der Waals surface area contributed by atoms with Crippen molar-refractivity contribution < 1.29 is 26.9 Å². The summed E-state index contributed by atoms with van der Waals surface area (Å²) in [4.78, 5) is 14.4. The third-order valence-corrected chi connectivity index (χ3v) is 8.15. The topological polar surface area (TPSA) is 105 Å². The summed E-state index contributed by atoms with van der Waals surface area (Å²) in [5.74, 6) is 0. The second-order valence-electron chi connectivity index (χ2n) is 8.14. The van der Waals surface area contributed by atoms with Crippen LogP contribution < -0.4 is 5.32 Å². The van der Waals surface area contributed by atoms with Gasteiger partial charge in [-0.15, -0.1) is 0 Å². The zero-order valence-corrected chi connectivity index (χ0v) is 18.9. The van der Waals surface area contributed by atoms with Gasteiger partial charge in [0.1, 0.15) is 6.26 Å². The largest absolute Gasteiger partial charge is 0.364 e. The maximum absolute atomic E-state index is 15.6. The summed E-state index contributed by atoms with van der Waals surface area (Å²) in [5, 5.41) is 6.51. The first-order chi connectivity index (χ1) is 16.4. The van der Waals surface area contributed by atoms with Gasteiger partial charge in [0.25, 0.3) is 0 Å². The lowest BCUT2D eigenvalue weighted by molar-refractivity contribution is -0.134. The number of amides is 2. The number of carbonyl (C=O) groups is 1. The van der Waals surface area contributed by atoms with E-state index in [1.54, 1.807) is 30.3 Å². The average Bonchev–Trinajstić information content (AvgIpc) is 3.53. The molecular formula is C23H23FN4O5S. The van der Waals surface area contributed by atoms with Gasteiger partial charge in [0.2, 0.25) is 10.0 Å². The van der Waals surface area contributed by atoms with Crippen molar-refractivity contribution in [2.75, 3.05) is 31.6 Å². The van der Waals surface area contributed by atoms with E-state index in [1.165, 1.54) is 29.5 Å². The molecule has 0 saturated carbocycles. The predicted molar refractivity (Wildman–Crippen MR) is 121 cm³/mol. The van der Waals surface area contributed by atoms with E-state index in [0.717, 1.165) is 4.31 Å². The number of hydrogen-bond donors (Lipinski definition) is 1. The molecule has 9 nitrogen and oxygen atoms in total. The third kappa shape index (κ3) is 3.85. The molecule has 2 fully saturated rings. The van der Waals surface area contributed by atoms with E-state index in [4.69, 9.17) is 9.26 Å². The lowest BCUT2D eigenvalue weighted by Crippen LogP contribution is -2.63. The van der Waals surface area contributed by atoms with Crippen molar-refractivity contribution in [3.8, 4) is 11.1 Å². The number of likely N-dealkylation sites (tertiary alicyclic amines) is 1. The Balaban J connectivity index is 1.33. The lowest BCUT2D eigenvalue weighted by Gasteiger charge is -2.44. The highest BCUT2D eigenvalue weighted by molar-refractivity contribution is 7.89. The van der Waals surface area contributed by atoms with Gasteiger partial charge in [-0.1, -0.05) is 41.6 Å². The van der Waals surface area contributed by atoms with Gasteiger partial charge in [0.05, 0.1) is 29.9 Å². The van der Waals surface area contributed by atoms with Crippen molar-refractivity contribution >= 4 is 21.7 Å². The van der Waals surface area contributed by atoms with Crippen LogP contribution in [-0.2, 0) is 14.8 Å². The average molecular weight is 487 g/mol. The molecule has 34 heavy (non-hydrogen) atoms. The first kappa shape index (κ1) is 22.5. The first-order valence-corrected chi connectivity index (χ1v) is 12.3. The number of carbonyl (C=O) groups excluding carboxylic acids is 1. The van der Waals surface area contributed by atoms with Crippen molar-refractivity contribution in [3.63, 3.8) is 0 Å². The highest BCUT2D eigenvalue weighted by atomic mass is 32.2. The Morgan fingerprint density at radius 2 is 1.88 bits per heavy atom. The van der Waals surface area contributed by atoms with E-state index in [9.17, 15) is 13.2 Å². The molecule has 2 aliphatic heterocycles. The first-order valence-electron chi connectivity index (χ1n) is 10.8. The Hall–Kier alpha value is -3.28. The number of nitrogens with zero attached hydrogens (tertiary/aromatic N) is 3. The summed E-state index contributed by atoms with van der Waals surface area (Å²) in [5.41, 5.74) is 0.294. The van der Waals surface area contributed by atoms with Gasteiger partial charge < -0.3 is 19.5 Å². The molecule has 2 unspecified atom stereocenters. The summed E-state index contributed by atoms with van der Waals surface area (Å²) in [6, 6.07) is 14.5. The molecule has 1 aromatic heterocycles. The maximum atomic E-state index is 15.6. The monoisotopic (exact) mass is 486 g/mol. The molecule has 2 atom stereocenters. The summed E-state index contributed by atoms with van der Waals surface area (Å²) >= 11 is 0. The predicted octanol–water partition coefficient (Wildman–Crippen LogP) is 3.33. The van der Waals surface area contributed by atoms with Crippen LogP contribution in [0.5, 0.6) is 0 Å². The Bertz CT molecular complexity index is 1270. The van der Waals surface area contributed by atoms with Gasteiger partial charge in [-0.25, -0.2) is 17.6 Å².